The van der Waals surface area contributed by atoms with Gasteiger partial charge in [0.2, 0.25) is 5.95 Å². The topological polar surface area (TPSA) is 67.8 Å². The van der Waals surface area contributed by atoms with Gasteiger partial charge in [-0.15, -0.1) is 11.3 Å². The van der Waals surface area contributed by atoms with E-state index < -0.39 is 0 Å². The van der Waals surface area contributed by atoms with E-state index >= 15 is 0 Å². The van der Waals surface area contributed by atoms with Crippen molar-refractivity contribution in [1.82, 2.24) is 15.0 Å². The van der Waals surface area contributed by atoms with Crippen molar-refractivity contribution in [3.05, 3.63) is 33.0 Å². The van der Waals surface area contributed by atoms with E-state index in [1.54, 1.807) is 17.5 Å². The summed E-state index contributed by atoms with van der Waals surface area (Å²) in [6, 6.07) is 0. The summed E-state index contributed by atoms with van der Waals surface area (Å²) >= 11 is 1.78. The molecule has 2 heterocycles. The lowest BCUT2D eigenvalue weighted by Gasteiger charge is -2.06. The molecule has 0 radical (unpaired) electrons. The fourth-order valence-electron chi connectivity index (χ4n) is 2.53. The van der Waals surface area contributed by atoms with E-state index in [-0.39, 0.29) is 5.78 Å². The normalized spacial score (nSPS) is 13.8. The number of thiazole rings is 1. The summed E-state index contributed by atoms with van der Waals surface area (Å²) in [4.78, 5) is 26.0. The number of aromatic nitrogens is 3. The van der Waals surface area contributed by atoms with Crippen molar-refractivity contribution in [3.63, 3.8) is 0 Å². The van der Waals surface area contributed by atoms with Gasteiger partial charge in [0.15, 0.2) is 5.78 Å². The number of nitrogens with one attached hydrogen (secondary N) is 1. The Hall–Kier alpha value is -1.82. The van der Waals surface area contributed by atoms with Crippen LogP contribution >= 0.6 is 11.3 Å². The molecular weight excluding hydrogens is 284 g/mol. The van der Waals surface area contributed by atoms with Gasteiger partial charge in [-0.2, -0.15) is 0 Å². The Morgan fingerprint density at radius 2 is 2.14 bits per heavy atom. The quantitative estimate of drug-likeness (QED) is 0.880. The van der Waals surface area contributed by atoms with Crippen molar-refractivity contribution < 1.29 is 4.79 Å². The molecule has 0 fully saturated rings. The van der Waals surface area contributed by atoms with Gasteiger partial charge < -0.3 is 5.32 Å². The van der Waals surface area contributed by atoms with Crippen LogP contribution in [0.15, 0.2) is 6.20 Å². The molecule has 0 aliphatic heterocycles. The molecule has 0 unspecified atom stereocenters. The van der Waals surface area contributed by atoms with Crippen LogP contribution in [-0.2, 0) is 19.4 Å². The van der Waals surface area contributed by atoms with Crippen molar-refractivity contribution in [1.29, 1.82) is 0 Å². The standard InChI is InChI=1S/C15H18N4OS/c1-9-11(10(2)20)7-16-15(18-9)17-8-14-19-12-5-3-4-6-13(12)21-14/h7H,3-6,8H2,1-2H3,(H,16,17,18). The van der Waals surface area contributed by atoms with Crippen molar-refractivity contribution in [2.24, 2.45) is 0 Å². The lowest BCUT2D eigenvalue weighted by molar-refractivity contribution is 0.101. The molecule has 21 heavy (non-hydrogen) atoms. The first-order valence-electron chi connectivity index (χ1n) is 7.19. The molecule has 6 heteroatoms. The zero-order valence-corrected chi connectivity index (χ0v) is 13.1. The van der Waals surface area contributed by atoms with Gasteiger partial charge in [-0.1, -0.05) is 0 Å². The van der Waals surface area contributed by atoms with Gasteiger partial charge in [-0.05, 0) is 39.5 Å². The highest BCUT2D eigenvalue weighted by Crippen LogP contribution is 2.26. The molecule has 0 saturated carbocycles. The molecule has 0 saturated heterocycles. The monoisotopic (exact) mass is 302 g/mol. The first kappa shape index (κ1) is 14.1. The van der Waals surface area contributed by atoms with Crippen LogP contribution in [0.4, 0.5) is 5.95 Å². The summed E-state index contributed by atoms with van der Waals surface area (Å²) in [5, 5.41) is 4.27. The second kappa shape index (κ2) is 5.89. The largest absolute Gasteiger partial charge is 0.348 e. The Kier molecular flexibility index (Phi) is 3.96. The molecule has 1 N–H and O–H groups in total. The molecule has 0 amide bonds. The molecule has 2 aromatic rings. The van der Waals surface area contributed by atoms with Crippen LogP contribution in [0, 0.1) is 6.92 Å². The average molecular weight is 302 g/mol. The Morgan fingerprint density at radius 1 is 1.33 bits per heavy atom. The summed E-state index contributed by atoms with van der Waals surface area (Å²) in [7, 11) is 0. The molecular formula is C15H18N4OS. The predicted molar refractivity (Wildman–Crippen MR) is 82.9 cm³/mol. The van der Waals surface area contributed by atoms with Gasteiger partial charge in [0.05, 0.1) is 23.5 Å². The van der Waals surface area contributed by atoms with E-state index in [1.807, 2.05) is 6.92 Å². The highest BCUT2D eigenvalue weighted by Gasteiger charge is 2.15. The number of carbonyl (C=O) groups excluding carboxylic acids is 1. The predicted octanol–water partition coefficient (Wildman–Crippen LogP) is 2.94. The van der Waals surface area contributed by atoms with E-state index in [0.717, 1.165) is 17.8 Å². The van der Waals surface area contributed by atoms with Crippen LogP contribution in [-0.4, -0.2) is 20.7 Å². The van der Waals surface area contributed by atoms with E-state index in [0.29, 0.717) is 23.8 Å². The smallest absolute Gasteiger partial charge is 0.223 e. The van der Waals surface area contributed by atoms with Crippen LogP contribution in [0.25, 0.3) is 0 Å². The number of hydrogen-bond acceptors (Lipinski definition) is 6. The van der Waals surface area contributed by atoms with Crippen molar-refractivity contribution in [3.8, 4) is 0 Å². The maximum absolute atomic E-state index is 11.4. The second-order valence-corrected chi connectivity index (χ2v) is 6.46. The van der Waals surface area contributed by atoms with Gasteiger partial charge in [0.1, 0.15) is 5.01 Å². The maximum Gasteiger partial charge on any atom is 0.223 e. The van der Waals surface area contributed by atoms with Gasteiger partial charge in [-0.3, -0.25) is 4.79 Å². The van der Waals surface area contributed by atoms with Crippen LogP contribution in [0.5, 0.6) is 0 Å². The number of hydrogen-bond donors (Lipinski definition) is 1. The minimum Gasteiger partial charge on any atom is -0.348 e. The van der Waals surface area contributed by atoms with Crippen LogP contribution in [0.3, 0.4) is 0 Å². The summed E-state index contributed by atoms with van der Waals surface area (Å²) in [5.41, 5.74) is 2.55. The Bertz CT molecular complexity index is 657. The zero-order chi connectivity index (χ0) is 14.8. The number of fused-ring (bicyclic) bond motifs is 1. The van der Waals surface area contributed by atoms with Crippen LogP contribution in [0.1, 0.15) is 51.4 Å². The number of rotatable bonds is 4. The van der Waals surface area contributed by atoms with E-state index in [4.69, 9.17) is 0 Å². The summed E-state index contributed by atoms with van der Waals surface area (Å²) < 4.78 is 0. The fraction of sp³-hybridized carbons (Fsp3) is 0.467. The Morgan fingerprint density at radius 3 is 2.86 bits per heavy atom. The summed E-state index contributed by atoms with van der Waals surface area (Å²) in [5.74, 6) is 0.539. The summed E-state index contributed by atoms with van der Waals surface area (Å²) in [6.45, 7) is 3.99. The minimum absolute atomic E-state index is 0.00773. The molecule has 3 rings (SSSR count). The van der Waals surface area contributed by atoms with Crippen molar-refractivity contribution in [2.75, 3.05) is 5.32 Å². The molecule has 2 aromatic heterocycles. The molecule has 1 aliphatic carbocycles. The minimum atomic E-state index is -0.00773. The third kappa shape index (κ3) is 3.10. The Balaban J connectivity index is 1.68. The molecule has 0 aromatic carbocycles. The van der Waals surface area contributed by atoms with Gasteiger partial charge >= 0.3 is 0 Å². The van der Waals surface area contributed by atoms with Gasteiger partial charge in [0.25, 0.3) is 0 Å². The second-order valence-electron chi connectivity index (χ2n) is 5.29. The highest BCUT2D eigenvalue weighted by molar-refractivity contribution is 7.11. The lowest BCUT2D eigenvalue weighted by Crippen LogP contribution is -2.07. The number of nitrogens with zero attached hydrogens (tertiary/aromatic N) is 3. The van der Waals surface area contributed by atoms with Crippen molar-refractivity contribution >= 4 is 23.1 Å². The zero-order valence-electron chi connectivity index (χ0n) is 12.3. The number of ketones is 1. The van der Waals surface area contributed by atoms with Gasteiger partial charge in [-0.25, -0.2) is 15.0 Å². The molecule has 0 atom stereocenters. The van der Waals surface area contributed by atoms with E-state index in [2.05, 4.69) is 20.3 Å². The molecule has 0 bridgehead atoms. The third-order valence-electron chi connectivity index (χ3n) is 3.65. The van der Waals surface area contributed by atoms with Crippen LogP contribution < -0.4 is 5.32 Å². The molecule has 0 spiro atoms. The number of Topliss-reactive ketones (excluding diaryl/α,β-unsaturated/α-hetero) is 1. The number of anilines is 1. The van der Waals surface area contributed by atoms with Crippen molar-refractivity contribution in [2.45, 2.75) is 46.1 Å². The summed E-state index contributed by atoms with van der Waals surface area (Å²) in [6.07, 6.45) is 6.37. The maximum atomic E-state index is 11.4. The average Bonchev–Trinajstić information content (AvgIpc) is 2.87. The molecule has 1 aliphatic rings. The highest BCUT2D eigenvalue weighted by atomic mass is 32.1. The number of carbonyl (C=O) groups is 1. The Labute approximate surface area is 127 Å². The first-order chi connectivity index (χ1) is 10.1. The fourth-order valence-corrected chi connectivity index (χ4v) is 3.63. The van der Waals surface area contributed by atoms with Gasteiger partial charge in [0, 0.05) is 11.1 Å². The lowest BCUT2D eigenvalue weighted by atomic mass is 10.0. The molecule has 5 nitrogen and oxygen atoms in total. The van der Waals surface area contributed by atoms with Crippen LogP contribution in [0.2, 0.25) is 0 Å². The molecule has 110 valence electrons. The SMILES string of the molecule is CC(=O)c1cnc(NCc2nc3c(s2)CCCC3)nc1C. The first-order valence-corrected chi connectivity index (χ1v) is 8.01. The van der Waals surface area contributed by atoms with E-state index in [1.165, 1.54) is 30.3 Å². The number of aryl methyl sites for hydroxylation is 3. The van der Waals surface area contributed by atoms with E-state index in [9.17, 15) is 4.79 Å². The third-order valence-corrected chi connectivity index (χ3v) is 4.80.